The molecule has 3 nitrogen and oxygen atoms in total. The molecule has 2 aromatic rings. The van der Waals surface area contributed by atoms with E-state index in [1.165, 1.54) is 0 Å². The largest absolute Gasteiger partial charge is 0.370 e. The van der Waals surface area contributed by atoms with Crippen molar-refractivity contribution in [1.82, 2.24) is 4.98 Å². The second-order valence-corrected chi connectivity index (χ2v) is 4.62. The van der Waals surface area contributed by atoms with E-state index in [2.05, 4.69) is 4.98 Å². The topological polar surface area (TPSA) is 39.2 Å². The number of carbonyl (C=O) groups is 1. The molecule has 0 atom stereocenters. The molecule has 2 rings (SSSR count). The van der Waals surface area contributed by atoms with E-state index in [4.69, 9.17) is 4.74 Å². The predicted molar refractivity (Wildman–Crippen MR) is 76.4 cm³/mol. The molecule has 0 aliphatic carbocycles. The number of ether oxygens (including phenoxy) is 1. The van der Waals surface area contributed by atoms with Crippen LogP contribution in [0.15, 0.2) is 36.5 Å². The molecule has 0 N–H and O–H groups in total. The number of pyridine rings is 1. The zero-order valence-electron chi connectivity index (χ0n) is 11.6. The van der Waals surface area contributed by atoms with Crippen LogP contribution in [0.5, 0.6) is 0 Å². The Hall–Kier alpha value is -1.74. The smallest absolute Gasteiger partial charge is 0.196 e. The summed E-state index contributed by atoms with van der Waals surface area (Å²) in [5.41, 5.74) is 0.646. The summed E-state index contributed by atoms with van der Waals surface area (Å²) in [4.78, 5) is 17.2. The minimum Gasteiger partial charge on any atom is -0.370 e. The summed E-state index contributed by atoms with van der Waals surface area (Å²) in [5, 5.41) is 0.977. The minimum absolute atomic E-state index is 0.0179. The van der Waals surface area contributed by atoms with Crippen LogP contribution in [0.4, 0.5) is 0 Å². The van der Waals surface area contributed by atoms with Gasteiger partial charge in [-0.2, -0.15) is 0 Å². The molecule has 0 fully saturated rings. The van der Waals surface area contributed by atoms with E-state index in [0.717, 1.165) is 10.9 Å². The Balaban J connectivity index is 2.58. The quantitative estimate of drug-likeness (QED) is 0.768. The van der Waals surface area contributed by atoms with Gasteiger partial charge in [0.2, 0.25) is 0 Å². The van der Waals surface area contributed by atoms with Crippen molar-refractivity contribution in [1.29, 1.82) is 0 Å². The molecular formula is C16H19NO2. The van der Waals surface area contributed by atoms with Crippen molar-refractivity contribution in [3.8, 4) is 0 Å². The van der Waals surface area contributed by atoms with Gasteiger partial charge in [0.1, 0.15) is 5.60 Å². The molecule has 0 spiro atoms. The highest BCUT2D eigenvalue weighted by Gasteiger charge is 2.36. The Kier molecular flexibility index (Phi) is 3.96. The summed E-state index contributed by atoms with van der Waals surface area (Å²) in [5.74, 6) is 0.0179. The molecule has 3 heteroatoms. The van der Waals surface area contributed by atoms with E-state index in [-0.39, 0.29) is 5.78 Å². The molecule has 19 heavy (non-hydrogen) atoms. The fourth-order valence-electron chi connectivity index (χ4n) is 2.49. The second-order valence-electron chi connectivity index (χ2n) is 4.62. The first-order chi connectivity index (χ1) is 9.18. The first-order valence-electron chi connectivity index (χ1n) is 6.62. The highest BCUT2D eigenvalue weighted by Crippen LogP contribution is 2.28. The molecule has 0 saturated carbocycles. The van der Waals surface area contributed by atoms with Crippen LogP contribution < -0.4 is 0 Å². The summed E-state index contributed by atoms with van der Waals surface area (Å²) in [6, 6.07) is 9.52. The molecule has 0 unspecified atom stereocenters. The van der Waals surface area contributed by atoms with Crippen LogP contribution in [0.3, 0.4) is 0 Å². The number of aromatic nitrogens is 1. The molecule has 0 aliphatic rings. The number of rotatable bonds is 5. The van der Waals surface area contributed by atoms with Crippen LogP contribution in [0.1, 0.15) is 37.0 Å². The summed E-state index contributed by atoms with van der Waals surface area (Å²) in [6.07, 6.45) is 3.02. The first kappa shape index (κ1) is 13.7. The SMILES string of the molecule is CCC(CC)(OC)C(=O)c1cccc2cccnc12. The lowest BCUT2D eigenvalue weighted by Gasteiger charge is -2.28. The third-order valence-electron chi connectivity index (χ3n) is 3.82. The normalized spacial score (nSPS) is 11.7. The highest BCUT2D eigenvalue weighted by atomic mass is 16.5. The first-order valence-corrected chi connectivity index (χ1v) is 6.62. The number of hydrogen-bond donors (Lipinski definition) is 0. The van der Waals surface area contributed by atoms with Crippen LogP contribution in [0.25, 0.3) is 10.9 Å². The van der Waals surface area contributed by atoms with E-state index >= 15 is 0 Å². The Labute approximate surface area is 113 Å². The van der Waals surface area contributed by atoms with Crippen LogP contribution in [0, 0.1) is 0 Å². The Morgan fingerprint density at radius 2 is 1.89 bits per heavy atom. The molecule has 1 aromatic heterocycles. The van der Waals surface area contributed by atoms with Gasteiger partial charge in [-0.15, -0.1) is 0 Å². The Morgan fingerprint density at radius 1 is 1.21 bits per heavy atom. The number of Topliss-reactive ketones (excluding diaryl/α,β-unsaturated/α-hetero) is 1. The second kappa shape index (κ2) is 5.49. The Morgan fingerprint density at radius 3 is 2.53 bits per heavy atom. The van der Waals surface area contributed by atoms with Crippen molar-refractivity contribution < 1.29 is 9.53 Å². The van der Waals surface area contributed by atoms with Crippen molar-refractivity contribution in [2.75, 3.05) is 7.11 Å². The van der Waals surface area contributed by atoms with Gasteiger partial charge in [0.05, 0.1) is 5.52 Å². The van der Waals surface area contributed by atoms with Gasteiger partial charge in [-0.3, -0.25) is 9.78 Å². The van der Waals surface area contributed by atoms with Crippen LogP contribution in [0.2, 0.25) is 0 Å². The molecule has 1 heterocycles. The van der Waals surface area contributed by atoms with Gasteiger partial charge >= 0.3 is 0 Å². The summed E-state index contributed by atoms with van der Waals surface area (Å²) in [6.45, 7) is 3.95. The molecule has 0 bridgehead atoms. The van der Waals surface area contributed by atoms with E-state index in [9.17, 15) is 4.79 Å². The van der Waals surface area contributed by atoms with E-state index in [1.807, 2.05) is 44.2 Å². The van der Waals surface area contributed by atoms with Gasteiger partial charge in [0.15, 0.2) is 5.78 Å². The van der Waals surface area contributed by atoms with Gasteiger partial charge in [-0.05, 0) is 25.0 Å². The average Bonchev–Trinajstić information content (AvgIpc) is 2.49. The fourth-order valence-corrected chi connectivity index (χ4v) is 2.49. The average molecular weight is 257 g/mol. The van der Waals surface area contributed by atoms with E-state index in [0.29, 0.717) is 18.4 Å². The number of nitrogens with zero attached hydrogens (tertiary/aromatic N) is 1. The predicted octanol–water partition coefficient (Wildman–Crippen LogP) is 3.62. The lowest BCUT2D eigenvalue weighted by atomic mass is 9.87. The molecule has 0 aliphatic heterocycles. The molecule has 0 saturated heterocycles. The Bertz CT molecular complexity index is 575. The summed E-state index contributed by atoms with van der Waals surface area (Å²) < 4.78 is 5.52. The summed E-state index contributed by atoms with van der Waals surface area (Å²) in [7, 11) is 1.60. The van der Waals surface area contributed by atoms with Gasteiger partial charge in [0.25, 0.3) is 0 Å². The van der Waals surface area contributed by atoms with E-state index in [1.54, 1.807) is 13.3 Å². The third-order valence-corrected chi connectivity index (χ3v) is 3.82. The van der Waals surface area contributed by atoms with Crippen molar-refractivity contribution >= 4 is 16.7 Å². The van der Waals surface area contributed by atoms with Crippen LogP contribution in [-0.2, 0) is 4.74 Å². The van der Waals surface area contributed by atoms with Gasteiger partial charge < -0.3 is 4.74 Å². The molecular weight excluding hydrogens is 238 g/mol. The maximum Gasteiger partial charge on any atom is 0.196 e. The summed E-state index contributed by atoms with van der Waals surface area (Å²) >= 11 is 0. The lowest BCUT2D eigenvalue weighted by Crippen LogP contribution is -2.39. The zero-order chi connectivity index (χ0) is 13.9. The van der Waals surface area contributed by atoms with Gasteiger partial charge in [-0.25, -0.2) is 0 Å². The number of ketones is 1. The third kappa shape index (κ3) is 2.26. The molecule has 0 amide bonds. The number of fused-ring (bicyclic) bond motifs is 1. The zero-order valence-corrected chi connectivity index (χ0v) is 11.6. The number of para-hydroxylation sites is 1. The highest BCUT2D eigenvalue weighted by molar-refractivity contribution is 6.10. The van der Waals surface area contributed by atoms with Gasteiger partial charge in [0, 0.05) is 24.3 Å². The van der Waals surface area contributed by atoms with Crippen molar-refractivity contribution in [2.45, 2.75) is 32.3 Å². The molecule has 100 valence electrons. The maximum absolute atomic E-state index is 12.8. The van der Waals surface area contributed by atoms with Crippen molar-refractivity contribution in [2.24, 2.45) is 0 Å². The van der Waals surface area contributed by atoms with Crippen molar-refractivity contribution in [3.05, 3.63) is 42.1 Å². The lowest BCUT2D eigenvalue weighted by molar-refractivity contribution is -0.00248. The van der Waals surface area contributed by atoms with Crippen molar-refractivity contribution in [3.63, 3.8) is 0 Å². The molecule has 1 aromatic carbocycles. The standard InChI is InChI=1S/C16H19NO2/c1-4-16(5-2,19-3)15(18)13-10-6-8-12-9-7-11-17-14(12)13/h6-11H,4-5H2,1-3H3. The fraction of sp³-hybridized carbons (Fsp3) is 0.375. The maximum atomic E-state index is 12.8. The van der Waals surface area contributed by atoms with Gasteiger partial charge in [-0.1, -0.05) is 32.0 Å². The van der Waals surface area contributed by atoms with Crippen LogP contribution in [-0.4, -0.2) is 23.5 Å². The number of carbonyl (C=O) groups excluding carboxylic acids is 1. The van der Waals surface area contributed by atoms with Crippen LogP contribution >= 0.6 is 0 Å². The number of benzene rings is 1. The monoisotopic (exact) mass is 257 g/mol. The molecule has 0 radical (unpaired) electrons. The number of methoxy groups -OCH3 is 1. The number of hydrogen-bond acceptors (Lipinski definition) is 3. The minimum atomic E-state index is -0.744. The van der Waals surface area contributed by atoms with E-state index < -0.39 is 5.60 Å².